The van der Waals surface area contributed by atoms with Crippen LogP contribution in [0.1, 0.15) is 43.5 Å². The molecule has 148 valence electrons. The summed E-state index contributed by atoms with van der Waals surface area (Å²) in [6, 6.07) is 4.99. The quantitative estimate of drug-likeness (QED) is 0.356. The molecule has 2 fully saturated rings. The molecule has 2 aliphatic rings. The summed E-state index contributed by atoms with van der Waals surface area (Å²) in [7, 11) is 4.14. The molecule has 0 amide bonds. The minimum Gasteiger partial charge on any atom is -0.356 e. The number of thiophene rings is 1. The van der Waals surface area contributed by atoms with Gasteiger partial charge in [-0.15, -0.1) is 35.3 Å². The summed E-state index contributed by atoms with van der Waals surface area (Å²) in [4.78, 5) is 8.46. The summed E-state index contributed by atoms with van der Waals surface area (Å²) < 4.78 is 0.363. The number of nitrogens with zero attached hydrogens (tertiary/aromatic N) is 2. The van der Waals surface area contributed by atoms with Crippen LogP contribution in [-0.2, 0) is 0 Å². The van der Waals surface area contributed by atoms with Gasteiger partial charge in [0.1, 0.15) is 0 Å². The second kappa shape index (κ2) is 10.5. The van der Waals surface area contributed by atoms with Crippen molar-refractivity contribution in [2.45, 2.75) is 43.4 Å². The highest BCUT2D eigenvalue weighted by Gasteiger charge is 2.32. The van der Waals surface area contributed by atoms with Gasteiger partial charge in [-0.2, -0.15) is 11.8 Å². The smallest absolute Gasteiger partial charge is 0.191 e. The van der Waals surface area contributed by atoms with Crippen LogP contribution in [0.4, 0.5) is 0 Å². The molecular formula is C19H33IN4S2. The minimum absolute atomic E-state index is 0. The number of piperidine rings is 1. The van der Waals surface area contributed by atoms with Crippen molar-refractivity contribution in [1.29, 1.82) is 0 Å². The summed E-state index contributed by atoms with van der Waals surface area (Å²) in [6.45, 7) is 5.54. The molecule has 3 unspecified atom stereocenters. The molecule has 2 saturated heterocycles. The normalized spacial score (nSPS) is 30.0. The van der Waals surface area contributed by atoms with Gasteiger partial charge >= 0.3 is 0 Å². The van der Waals surface area contributed by atoms with E-state index in [0.717, 1.165) is 19.0 Å². The molecular weight excluding hydrogens is 475 g/mol. The van der Waals surface area contributed by atoms with Crippen LogP contribution in [0.2, 0.25) is 0 Å². The van der Waals surface area contributed by atoms with Crippen molar-refractivity contribution in [3.05, 3.63) is 22.4 Å². The molecule has 0 aliphatic carbocycles. The summed E-state index contributed by atoms with van der Waals surface area (Å²) in [5, 5.41) is 9.36. The van der Waals surface area contributed by atoms with Gasteiger partial charge in [-0.05, 0) is 69.3 Å². The zero-order valence-corrected chi connectivity index (χ0v) is 20.1. The maximum absolute atomic E-state index is 4.45. The van der Waals surface area contributed by atoms with E-state index in [-0.39, 0.29) is 24.0 Å². The molecule has 3 heterocycles. The van der Waals surface area contributed by atoms with Crippen LogP contribution in [0.3, 0.4) is 0 Å². The van der Waals surface area contributed by atoms with Crippen LogP contribution in [0.25, 0.3) is 0 Å². The summed E-state index contributed by atoms with van der Waals surface area (Å²) in [6.07, 6.45) is 5.21. The van der Waals surface area contributed by atoms with Crippen LogP contribution in [-0.4, -0.2) is 55.1 Å². The van der Waals surface area contributed by atoms with Gasteiger partial charge in [0, 0.05) is 35.8 Å². The van der Waals surface area contributed by atoms with E-state index in [4.69, 9.17) is 0 Å². The average molecular weight is 509 g/mol. The number of hydrogen-bond donors (Lipinski definition) is 2. The topological polar surface area (TPSA) is 39.7 Å². The van der Waals surface area contributed by atoms with Crippen LogP contribution in [0.15, 0.2) is 22.5 Å². The molecule has 1 aromatic rings. The zero-order valence-electron chi connectivity index (χ0n) is 16.2. The van der Waals surface area contributed by atoms with E-state index < -0.39 is 0 Å². The molecule has 0 spiro atoms. The van der Waals surface area contributed by atoms with Crippen molar-refractivity contribution in [3.8, 4) is 0 Å². The predicted octanol–water partition coefficient (Wildman–Crippen LogP) is 4.20. The van der Waals surface area contributed by atoms with Crippen LogP contribution in [0, 0.1) is 5.92 Å². The maximum atomic E-state index is 4.45. The lowest BCUT2D eigenvalue weighted by molar-refractivity contribution is 0.125. The Morgan fingerprint density at radius 1 is 1.38 bits per heavy atom. The molecule has 0 aromatic carbocycles. The first-order chi connectivity index (χ1) is 12.1. The third-order valence-electron chi connectivity index (χ3n) is 5.53. The van der Waals surface area contributed by atoms with E-state index in [0.29, 0.717) is 16.7 Å². The Hall–Kier alpha value is 0.01000. The Kier molecular flexibility index (Phi) is 9.03. The number of likely N-dealkylation sites (tertiary alicyclic amines) is 1. The monoisotopic (exact) mass is 508 g/mol. The van der Waals surface area contributed by atoms with E-state index in [1.54, 1.807) is 0 Å². The van der Waals surface area contributed by atoms with Gasteiger partial charge < -0.3 is 10.6 Å². The van der Waals surface area contributed by atoms with Gasteiger partial charge in [-0.3, -0.25) is 9.89 Å². The van der Waals surface area contributed by atoms with Gasteiger partial charge in [0.15, 0.2) is 5.96 Å². The van der Waals surface area contributed by atoms with E-state index in [1.165, 1.54) is 42.9 Å². The standard InChI is InChI=1S/C19H32N4S2.HI/c1-19(9-6-12-25-19)14-22-18(20-2)21-13-15-7-4-10-23(3)17(15)16-8-5-11-24-16;/h5,8,11,15,17H,4,6-7,9-10,12-14H2,1-3H3,(H2,20,21,22);1H. The molecule has 0 saturated carbocycles. The van der Waals surface area contributed by atoms with Crippen molar-refractivity contribution >= 4 is 53.0 Å². The first kappa shape index (κ1) is 22.3. The van der Waals surface area contributed by atoms with Crippen molar-refractivity contribution in [2.24, 2.45) is 10.9 Å². The fourth-order valence-electron chi connectivity index (χ4n) is 4.08. The van der Waals surface area contributed by atoms with Crippen LogP contribution < -0.4 is 10.6 Å². The van der Waals surface area contributed by atoms with Gasteiger partial charge in [0.2, 0.25) is 0 Å². The third-order valence-corrected chi connectivity index (χ3v) is 8.01. The molecule has 7 heteroatoms. The predicted molar refractivity (Wildman–Crippen MR) is 127 cm³/mol. The SMILES string of the molecule is CN=C(NCC1CCCN(C)C1c1cccs1)NCC1(C)CCCS1.I. The largest absolute Gasteiger partial charge is 0.356 e. The van der Waals surface area contributed by atoms with Gasteiger partial charge in [-0.1, -0.05) is 6.07 Å². The van der Waals surface area contributed by atoms with Crippen LogP contribution in [0.5, 0.6) is 0 Å². The molecule has 1 aromatic heterocycles. The Labute approximate surface area is 184 Å². The van der Waals surface area contributed by atoms with Gasteiger partial charge in [0.05, 0.1) is 0 Å². The Morgan fingerprint density at radius 3 is 2.88 bits per heavy atom. The summed E-state index contributed by atoms with van der Waals surface area (Å²) in [5.41, 5.74) is 0. The summed E-state index contributed by atoms with van der Waals surface area (Å²) >= 11 is 3.98. The Balaban J connectivity index is 0.00000243. The highest BCUT2D eigenvalue weighted by Crippen LogP contribution is 2.37. The third kappa shape index (κ3) is 5.75. The number of rotatable bonds is 5. The Bertz CT molecular complexity index is 558. The molecule has 3 atom stereocenters. The van der Waals surface area contributed by atoms with E-state index in [9.17, 15) is 0 Å². The molecule has 26 heavy (non-hydrogen) atoms. The van der Waals surface area contributed by atoms with Crippen molar-refractivity contribution in [1.82, 2.24) is 15.5 Å². The van der Waals surface area contributed by atoms with Crippen molar-refractivity contribution < 1.29 is 0 Å². The van der Waals surface area contributed by atoms with Crippen LogP contribution >= 0.6 is 47.1 Å². The minimum atomic E-state index is 0. The molecule has 4 nitrogen and oxygen atoms in total. The lowest BCUT2D eigenvalue weighted by Crippen LogP contribution is -2.47. The number of thioether (sulfide) groups is 1. The zero-order chi connectivity index (χ0) is 17.7. The maximum Gasteiger partial charge on any atom is 0.191 e. The lowest BCUT2D eigenvalue weighted by atomic mass is 9.88. The highest BCUT2D eigenvalue weighted by atomic mass is 127. The van der Waals surface area contributed by atoms with E-state index in [1.807, 2.05) is 18.4 Å². The van der Waals surface area contributed by atoms with Gasteiger partial charge in [0.25, 0.3) is 0 Å². The molecule has 0 bridgehead atoms. The second-order valence-electron chi connectivity index (χ2n) is 7.55. The molecule has 2 N–H and O–H groups in total. The van der Waals surface area contributed by atoms with Gasteiger partial charge in [-0.25, -0.2) is 0 Å². The first-order valence-corrected chi connectivity index (χ1v) is 11.3. The number of hydrogen-bond acceptors (Lipinski definition) is 4. The fraction of sp³-hybridized carbons (Fsp3) is 0.737. The molecule has 3 rings (SSSR count). The first-order valence-electron chi connectivity index (χ1n) is 9.43. The second-order valence-corrected chi connectivity index (χ2v) is 10.2. The number of aliphatic imine (C=N–C) groups is 1. The number of nitrogens with one attached hydrogen (secondary N) is 2. The van der Waals surface area contributed by atoms with E-state index in [2.05, 4.69) is 63.8 Å². The average Bonchev–Trinajstić information content (AvgIpc) is 3.27. The fourth-order valence-corrected chi connectivity index (χ4v) is 6.31. The number of halogens is 1. The molecule has 2 aliphatic heterocycles. The lowest BCUT2D eigenvalue weighted by Gasteiger charge is -2.39. The molecule has 0 radical (unpaired) electrons. The highest BCUT2D eigenvalue weighted by molar-refractivity contribution is 14.0. The number of guanidine groups is 1. The van der Waals surface area contributed by atoms with Crippen molar-refractivity contribution in [2.75, 3.05) is 39.5 Å². The van der Waals surface area contributed by atoms with Crippen molar-refractivity contribution in [3.63, 3.8) is 0 Å². The van der Waals surface area contributed by atoms with E-state index >= 15 is 0 Å². The Morgan fingerprint density at radius 2 is 2.23 bits per heavy atom. The summed E-state index contributed by atoms with van der Waals surface area (Å²) in [5.74, 6) is 2.88.